The van der Waals surface area contributed by atoms with Gasteiger partial charge < -0.3 is 5.32 Å². The topological polar surface area (TPSA) is 40.7 Å². The van der Waals surface area contributed by atoms with Crippen molar-refractivity contribution in [2.75, 3.05) is 7.05 Å². The first-order valence-electron chi connectivity index (χ1n) is 5.66. The summed E-state index contributed by atoms with van der Waals surface area (Å²) in [5.74, 6) is 0. The number of halogens is 1. The van der Waals surface area contributed by atoms with Crippen LogP contribution in [-0.2, 0) is 6.42 Å². The molecule has 1 heterocycles. The summed E-state index contributed by atoms with van der Waals surface area (Å²) in [6.07, 6.45) is 2.87. The third-order valence-electron chi connectivity index (χ3n) is 2.85. The number of aromatic amines is 1. The number of likely N-dealkylation sites (N-methyl/N-ethyl adjacent to an activating group) is 1. The Bertz CT molecular complexity index is 493. The van der Waals surface area contributed by atoms with E-state index < -0.39 is 0 Å². The average Bonchev–Trinajstić information content (AvgIpc) is 2.77. The monoisotopic (exact) mass is 293 g/mol. The fourth-order valence-electron chi connectivity index (χ4n) is 1.79. The molecule has 1 aromatic carbocycles. The zero-order valence-electron chi connectivity index (χ0n) is 10.00. The highest BCUT2D eigenvalue weighted by Crippen LogP contribution is 2.24. The van der Waals surface area contributed by atoms with E-state index in [4.69, 9.17) is 0 Å². The standard InChI is InChI=1S/C13H16BrN3/c1-9(15-2)6-11-8-16-17-13(11)10-4-3-5-12(14)7-10/h3-5,7-9,15H,6H2,1-2H3,(H,16,17). The van der Waals surface area contributed by atoms with Gasteiger partial charge >= 0.3 is 0 Å². The molecular formula is C13H16BrN3. The summed E-state index contributed by atoms with van der Waals surface area (Å²) in [5.41, 5.74) is 3.51. The molecule has 0 saturated carbocycles. The summed E-state index contributed by atoms with van der Waals surface area (Å²) in [6.45, 7) is 2.16. The normalized spacial score (nSPS) is 12.6. The summed E-state index contributed by atoms with van der Waals surface area (Å²) in [5, 5.41) is 10.5. The van der Waals surface area contributed by atoms with Crippen LogP contribution in [-0.4, -0.2) is 23.3 Å². The molecule has 0 saturated heterocycles. The SMILES string of the molecule is CNC(C)Cc1cn[nH]c1-c1cccc(Br)c1. The molecule has 17 heavy (non-hydrogen) atoms. The van der Waals surface area contributed by atoms with Gasteiger partial charge in [0.1, 0.15) is 0 Å². The summed E-state index contributed by atoms with van der Waals surface area (Å²) >= 11 is 3.49. The number of nitrogens with zero attached hydrogens (tertiary/aromatic N) is 1. The van der Waals surface area contributed by atoms with E-state index in [1.54, 1.807) is 0 Å². The van der Waals surface area contributed by atoms with E-state index in [0.29, 0.717) is 6.04 Å². The van der Waals surface area contributed by atoms with E-state index in [0.717, 1.165) is 22.2 Å². The molecule has 0 spiro atoms. The number of aromatic nitrogens is 2. The Morgan fingerprint density at radius 3 is 3.00 bits per heavy atom. The first kappa shape index (κ1) is 12.3. The van der Waals surface area contributed by atoms with Gasteiger partial charge in [0.15, 0.2) is 0 Å². The van der Waals surface area contributed by atoms with Gasteiger partial charge in [0.25, 0.3) is 0 Å². The van der Waals surface area contributed by atoms with Crippen molar-refractivity contribution in [3.05, 3.63) is 40.5 Å². The third-order valence-corrected chi connectivity index (χ3v) is 3.34. The number of hydrogen-bond donors (Lipinski definition) is 2. The van der Waals surface area contributed by atoms with Gasteiger partial charge in [0, 0.05) is 16.1 Å². The molecular weight excluding hydrogens is 278 g/mol. The molecule has 1 atom stereocenters. The Labute approximate surface area is 110 Å². The summed E-state index contributed by atoms with van der Waals surface area (Å²) < 4.78 is 1.08. The highest BCUT2D eigenvalue weighted by molar-refractivity contribution is 9.10. The van der Waals surface area contributed by atoms with Gasteiger partial charge in [-0.25, -0.2) is 0 Å². The Morgan fingerprint density at radius 2 is 2.29 bits per heavy atom. The van der Waals surface area contributed by atoms with Crippen molar-refractivity contribution in [2.24, 2.45) is 0 Å². The largest absolute Gasteiger partial charge is 0.317 e. The molecule has 2 N–H and O–H groups in total. The van der Waals surface area contributed by atoms with E-state index in [1.807, 2.05) is 25.4 Å². The second kappa shape index (κ2) is 5.47. The molecule has 2 rings (SSSR count). The van der Waals surface area contributed by atoms with Crippen molar-refractivity contribution in [1.29, 1.82) is 0 Å². The molecule has 0 aliphatic rings. The third kappa shape index (κ3) is 2.96. The van der Waals surface area contributed by atoms with Gasteiger partial charge in [-0.3, -0.25) is 5.10 Å². The van der Waals surface area contributed by atoms with E-state index in [2.05, 4.69) is 50.5 Å². The Morgan fingerprint density at radius 1 is 1.47 bits per heavy atom. The van der Waals surface area contributed by atoms with Crippen LogP contribution in [0.4, 0.5) is 0 Å². The zero-order valence-corrected chi connectivity index (χ0v) is 11.6. The van der Waals surface area contributed by atoms with Crippen molar-refractivity contribution in [2.45, 2.75) is 19.4 Å². The van der Waals surface area contributed by atoms with Gasteiger partial charge in [-0.2, -0.15) is 5.10 Å². The summed E-state index contributed by atoms with van der Waals surface area (Å²) in [4.78, 5) is 0. The quantitative estimate of drug-likeness (QED) is 0.910. The Balaban J connectivity index is 2.30. The lowest BCUT2D eigenvalue weighted by Gasteiger charge is -2.10. The van der Waals surface area contributed by atoms with Crippen LogP contribution < -0.4 is 5.32 Å². The predicted octanol–water partition coefficient (Wildman–Crippen LogP) is 2.99. The number of nitrogens with one attached hydrogen (secondary N) is 2. The first-order valence-corrected chi connectivity index (χ1v) is 6.45. The fourth-order valence-corrected chi connectivity index (χ4v) is 2.19. The zero-order chi connectivity index (χ0) is 12.3. The van der Waals surface area contributed by atoms with Gasteiger partial charge in [-0.05, 0) is 38.1 Å². The Hall–Kier alpha value is -1.13. The van der Waals surface area contributed by atoms with Crippen molar-refractivity contribution >= 4 is 15.9 Å². The van der Waals surface area contributed by atoms with Gasteiger partial charge in [0.05, 0.1) is 11.9 Å². The van der Waals surface area contributed by atoms with Crippen LogP contribution in [0.3, 0.4) is 0 Å². The smallest absolute Gasteiger partial charge is 0.0683 e. The minimum Gasteiger partial charge on any atom is -0.317 e. The van der Waals surface area contributed by atoms with Crippen LogP contribution in [0.2, 0.25) is 0 Å². The van der Waals surface area contributed by atoms with E-state index in [9.17, 15) is 0 Å². The lowest BCUT2D eigenvalue weighted by Crippen LogP contribution is -2.23. The second-order valence-corrected chi connectivity index (χ2v) is 5.09. The summed E-state index contributed by atoms with van der Waals surface area (Å²) in [6, 6.07) is 8.69. The molecule has 0 aliphatic heterocycles. The molecule has 1 unspecified atom stereocenters. The minimum absolute atomic E-state index is 0.443. The van der Waals surface area contributed by atoms with E-state index in [-0.39, 0.29) is 0 Å². The molecule has 90 valence electrons. The highest BCUT2D eigenvalue weighted by Gasteiger charge is 2.10. The van der Waals surface area contributed by atoms with Crippen LogP contribution in [0.5, 0.6) is 0 Å². The number of benzene rings is 1. The highest BCUT2D eigenvalue weighted by atomic mass is 79.9. The summed E-state index contributed by atoms with van der Waals surface area (Å²) in [7, 11) is 1.98. The van der Waals surface area contributed by atoms with Crippen molar-refractivity contribution in [3.63, 3.8) is 0 Å². The predicted molar refractivity (Wildman–Crippen MR) is 73.9 cm³/mol. The van der Waals surface area contributed by atoms with Crippen LogP contribution >= 0.6 is 15.9 Å². The van der Waals surface area contributed by atoms with Gasteiger partial charge in [-0.15, -0.1) is 0 Å². The fraction of sp³-hybridized carbons (Fsp3) is 0.308. The van der Waals surface area contributed by atoms with Crippen LogP contribution in [0.15, 0.2) is 34.9 Å². The maximum absolute atomic E-state index is 4.15. The van der Waals surface area contributed by atoms with Gasteiger partial charge in [0.2, 0.25) is 0 Å². The maximum Gasteiger partial charge on any atom is 0.0683 e. The van der Waals surface area contributed by atoms with E-state index in [1.165, 1.54) is 5.56 Å². The van der Waals surface area contributed by atoms with Gasteiger partial charge in [-0.1, -0.05) is 28.1 Å². The number of hydrogen-bond acceptors (Lipinski definition) is 2. The van der Waals surface area contributed by atoms with Crippen molar-refractivity contribution < 1.29 is 0 Å². The molecule has 0 radical (unpaired) electrons. The first-order chi connectivity index (χ1) is 8.20. The van der Waals surface area contributed by atoms with Crippen molar-refractivity contribution in [3.8, 4) is 11.3 Å². The maximum atomic E-state index is 4.15. The number of rotatable bonds is 4. The molecule has 0 aliphatic carbocycles. The number of H-pyrrole nitrogens is 1. The molecule has 0 amide bonds. The Kier molecular flexibility index (Phi) is 3.97. The minimum atomic E-state index is 0.443. The molecule has 0 fully saturated rings. The molecule has 3 nitrogen and oxygen atoms in total. The second-order valence-electron chi connectivity index (χ2n) is 4.17. The van der Waals surface area contributed by atoms with Crippen LogP contribution in [0, 0.1) is 0 Å². The van der Waals surface area contributed by atoms with Crippen LogP contribution in [0.1, 0.15) is 12.5 Å². The van der Waals surface area contributed by atoms with E-state index >= 15 is 0 Å². The lowest BCUT2D eigenvalue weighted by atomic mass is 10.0. The van der Waals surface area contributed by atoms with Crippen molar-refractivity contribution in [1.82, 2.24) is 15.5 Å². The molecule has 0 bridgehead atoms. The molecule has 4 heteroatoms. The lowest BCUT2D eigenvalue weighted by molar-refractivity contribution is 0.609. The van der Waals surface area contributed by atoms with Crippen LogP contribution in [0.25, 0.3) is 11.3 Å². The average molecular weight is 294 g/mol. The molecule has 2 aromatic rings. The molecule has 1 aromatic heterocycles.